The maximum Gasteiger partial charge on any atom is 0.228 e. The molecule has 2 amide bonds. The monoisotopic (exact) mass is 387 g/mol. The minimum atomic E-state index is -0.486. The van der Waals surface area contributed by atoms with Crippen LogP contribution in [0.15, 0.2) is 42.5 Å². The molecule has 1 aromatic heterocycles. The Morgan fingerprint density at radius 2 is 1.96 bits per heavy atom. The highest BCUT2D eigenvalue weighted by atomic mass is 32.1. The van der Waals surface area contributed by atoms with Gasteiger partial charge >= 0.3 is 0 Å². The van der Waals surface area contributed by atoms with Gasteiger partial charge in [0.1, 0.15) is 11.6 Å². The van der Waals surface area contributed by atoms with Gasteiger partial charge < -0.3 is 15.4 Å². The van der Waals surface area contributed by atoms with Crippen molar-refractivity contribution in [2.24, 2.45) is 0 Å². The standard InChI is InChI=1S/C19H18FN3O3S/c1-11(24)21-16(12-3-6-14(26-2)7-4-12)10-18(25)23-19-22-15-8-5-13(20)9-17(15)27-19/h3-9,16H,10H2,1-2H3,(H,21,24)(H,22,23,25)/t16-/m1/s1. The number of hydrogen-bond donors (Lipinski definition) is 2. The van der Waals surface area contributed by atoms with Gasteiger partial charge in [0.2, 0.25) is 11.8 Å². The van der Waals surface area contributed by atoms with E-state index in [1.807, 2.05) is 0 Å². The number of amides is 2. The second-order valence-electron chi connectivity index (χ2n) is 5.91. The molecule has 3 aromatic rings. The van der Waals surface area contributed by atoms with E-state index in [-0.39, 0.29) is 24.1 Å². The number of methoxy groups -OCH3 is 1. The number of nitrogens with zero attached hydrogens (tertiary/aromatic N) is 1. The summed E-state index contributed by atoms with van der Waals surface area (Å²) in [5.41, 5.74) is 1.40. The molecule has 2 N–H and O–H groups in total. The van der Waals surface area contributed by atoms with Crippen molar-refractivity contribution in [3.8, 4) is 5.75 Å². The molecule has 0 spiro atoms. The Bertz CT molecular complexity index is 972. The summed E-state index contributed by atoms with van der Waals surface area (Å²) >= 11 is 1.19. The molecule has 2 aromatic carbocycles. The smallest absolute Gasteiger partial charge is 0.228 e. The Balaban J connectivity index is 1.73. The van der Waals surface area contributed by atoms with E-state index in [0.29, 0.717) is 21.1 Å². The zero-order valence-corrected chi connectivity index (χ0v) is 15.6. The first-order chi connectivity index (χ1) is 12.9. The van der Waals surface area contributed by atoms with Crippen LogP contribution in [0.4, 0.5) is 9.52 Å². The Morgan fingerprint density at radius 1 is 1.22 bits per heavy atom. The first-order valence-corrected chi connectivity index (χ1v) is 9.03. The van der Waals surface area contributed by atoms with Crippen molar-refractivity contribution in [2.45, 2.75) is 19.4 Å². The molecule has 27 heavy (non-hydrogen) atoms. The molecule has 0 radical (unpaired) electrons. The largest absolute Gasteiger partial charge is 0.497 e. The molecule has 0 aliphatic carbocycles. The third kappa shape index (κ3) is 4.79. The lowest BCUT2D eigenvalue weighted by Gasteiger charge is -2.18. The van der Waals surface area contributed by atoms with E-state index in [9.17, 15) is 14.0 Å². The molecule has 0 saturated carbocycles. The van der Waals surface area contributed by atoms with Gasteiger partial charge in [0.25, 0.3) is 0 Å². The molecule has 1 heterocycles. The molecule has 0 bridgehead atoms. The quantitative estimate of drug-likeness (QED) is 0.677. The van der Waals surface area contributed by atoms with Gasteiger partial charge in [-0.3, -0.25) is 9.59 Å². The topological polar surface area (TPSA) is 80.3 Å². The lowest BCUT2D eigenvalue weighted by molar-refractivity contribution is -0.120. The van der Waals surface area contributed by atoms with Crippen LogP contribution in [0.25, 0.3) is 10.2 Å². The highest BCUT2D eigenvalue weighted by molar-refractivity contribution is 7.22. The fourth-order valence-corrected chi connectivity index (χ4v) is 3.55. The van der Waals surface area contributed by atoms with Gasteiger partial charge in [-0.15, -0.1) is 0 Å². The SMILES string of the molecule is COc1ccc([C@@H](CC(=O)Nc2nc3ccc(F)cc3s2)NC(C)=O)cc1. The summed E-state index contributed by atoms with van der Waals surface area (Å²) in [6.07, 6.45) is 0.0379. The van der Waals surface area contributed by atoms with Gasteiger partial charge in [0.15, 0.2) is 5.13 Å². The van der Waals surface area contributed by atoms with E-state index in [2.05, 4.69) is 15.6 Å². The number of anilines is 1. The zero-order valence-electron chi connectivity index (χ0n) is 14.8. The van der Waals surface area contributed by atoms with Crippen molar-refractivity contribution >= 4 is 38.5 Å². The molecule has 3 rings (SSSR count). The fourth-order valence-electron chi connectivity index (χ4n) is 2.64. The number of rotatable bonds is 6. The minimum Gasteiger partial charge on any atom is -0.497 e. The summed E-state index contributed by atoms with van der Waals surface area (Å²) in [4.78, 5) is 28.2. The number of benzene rings is 2. The van der Waals surface area contributed by atoms with Crippen LogP contribution in [0.1, 0.15) is 24.9 Å². The van der Waals surface area contributed by atoms with Crippen molar-refractivity contribution in [3.63, 3.8) is 0 Å². The second-order valence-corrected chi connectivity index (χ2v) is 6.94. The molecule has 1 atom stereocenters. The van der Waals surface area contributed by atoms with Crippen LogP contribution in [0.5, 0.6) is 5.75 Å². The Hall–Kier alpha value is -3.00. The van der Waals surface area contributed by atoms with E-state index in [4.69, 9.17) is 4.74 Å². The Morgan fingerprint density at radius 3 is 2.63 bits per heavy atom. The molecular weight excluding hydrogens is 369 g/mol. The van der Waals surface area contributed by atoms with Crippen molar-refractivity contribution < 1.29 is 18.7 Å². The highest BCUT2D eigenvalue weighted by Crippen LogP contribution is 2.27. The van der Waals surface area contributed by atoms with Gasteiger partial charge in [-0.2, -0.15) is 0 Å². The van der Waals surface area contributed by atoms with E-state index in [1.54, 1.807) is 37.4 Å². The van der Waals surface area contributed by atoms with Crippen molar-refractivity contribution in [2.75, 3.05) is 12.4 Å². The maximum absolute atomic E-state index is 13.3. The maximum atomic E-state index is 13.3. The second kappa shape index (κ2) is 8.13. The van der Waals surface area contributed by atoms with Gasteiger partial charge in [0, 0.05) is 6.92 Å². The zero-order chi connectivity index (χ0) is 19.4. The highest BCUT2D eigenvalue weighted by Gasteiger charge is 2.18. The van der Waals surface area contributed by atoms with Crippen LogP contribution in [0.3, 0.4) is 0 Å². The van der Waals surface area contributed by atoms with Gasteiger partial charge in [-0.1, -0.05) is 23.5 Å². The number of hydrogen-bond acceptors (Lipinski definition) is 5. The lowest BCUT2D eigenvalue weighted by atomic mass is 10.0. The van der Waals surface area contributed by atoms with E-state index in [1.165, 1.54) is 30.4 Å². The van der Waals surface area contributed by atoms with Crippen molar-refractivity contribution in [1.29, 1.82) is 0 Å². The van der Waals surface area contributed by atoms with Crippen LogP contribution in [0.2, 0.25) is 0 Å². The van der Waals surface area contributed by atoms with E-state index < -0.39 is 6.04 Å². The average molecular weight is 387 g/mol. The lowest BCUT2D eigenvalue weighted by Crippen LogP contribution is -2.29. The number of carbonyl (C=O) groups excluding carboxylic acids is 2. The molecule has 0 saturated heterocycles. The van der Waals surface area contributed by atoms with Gasteiger partial charge in [-0.05, 0) is 35.9 Å². The predicted octanol–water partition coefficient (Wildman–Crippen LogP) is 3.65. The van der Waals surface area contributed by atoms with Gasteiger partial charge in [-0.25, -0.2) is 9.37 Å². The molecule has 8 heteroatoms. The average Bonchev–Trinajstić information content (AvgIpc) is 3.02. The van der Waals surface area contributed by atoms with Crippen LogP contribution < -0.4 is 15.4 Å². The predicted molar refractivity (Wildman–Crippen MR) is 102 cm³/mol. The number of ether oxygens (including phenoxy) is 1. The molecule has 0 aliphatic rings. The molecule has 0 fully saturated rings. The summed E-state index contributed by atoms with van der Waals surface area (Å²) in [5, 5.41) is 5.88. The number of fused-ring (bicyclic) bond motifs is 1. The number of nitrogens with one attached hydrogen (secondary N) is 2. The summed E-state index contributed by atoms with van der Waals surface area (Å²) in [6, 6.07) is 10.9. The summed E-state index contributed by atoms with van der Waals surface area (Å²) in [5.74, 6) is -0.205. The first kappa shape index (κ1) is 18.8. The first-order valence-electron chi connectivity index (χ1n) is 8.21. The van der Waals surface area contributed by atoms with E-state index in [0.717, 1.165) is 5.56 Å². The van der Waals surface area contributed by atoms with Crippen molar-refractivity contribution in [3.05, 3.63) is 53.8 Å². The number of aromatic nitrogens is 1. The normalized spacial score (nSPS) is 11.8. The Kier molecular flexibility index (Phi) is 5.66. The minimum absolute atomic E-state index is 0.0379. The number of carbonyl (C=O) groups is 2. The molecule has 0 aliphatic heterocycles. The third-order valence-corrected chi connectivity index (χ3v) is 4.82. The molecule has 140 valence electrons. The number of halogens is 1. The summed E-state index contributed by atoms with van der Waals surface area (Å²) in [6.45, 7) is 1.40. The van der Waals surface area contributed by atoms with Gasteiger partial charge in [0.05, 0.1) is 29.8 Å². The van der Waals surface area contributed by atoms with Crippen LogP contribution >= 0.6 is 11.3 Å². The summed E-state index contributed by atoms with van der Waals surface area (Å²) < 4.78 is 19.1. The summed E-state index contributed by atoms with van der Waals surface area (Å²) in [7, 11) is 1.57. The molecule has 0 unspecified atom stereocenters. The van der Waals surface area contributed by atoms with Crippen LogP contribution in [-0.2, 0) is 9.59 Å². The van der Waals surface area contributed by atoms with Crippen LogP contribution in [-0.4, -0.2) is 23.9 Å². The molecule has 6 nitrogen and oxygen atoms in total. The van der Waals surface area contributed by atoms with Crippen LogP contribution in [0, 0.1) is 5.82 Å². The van der Waals surface area contributed by atoms with Crippen molar-refractivity contribution in [1.82, 2.24) is 10.3 Å². The third-order valence-electron chi connectivity index (χ3n) is 3.88. The fraction of sp³-hybridized carbons (Fsp3) is 0.211. The Labute approximate surface area is 159 Å². The van der Waals surface area contributed by atoms with E-state index >= 15 is 0 Å². The molecular formula is C19H18FN3O3S. The number of thiazole rings is 1.